The van der Waals surface area contributed by atoms with E-state index in [2.05, 4.69) is 29.2 Å². The summed E-state index contributed by atoms with van der Waals surface area (Å²) in [6.07, 6.45) is 0.973. The molecule has 3 rings (SSSR count). The highest BCUT2D eigenvalue weighted by Gasteiger charge is 2.30. The summed E-state index contributed by atoms with van der Waals surface area (Å²) in [7, 11) is 0. The van der Waals surface area contributed by atoms with E-state index in [9.17, 15) is 4.79 Å². The van der Waals surface area contributed by atoms with Crippen LogP contribution in [0.25, 0.3) is 0 Å². The van der Waals surface area contributed by atoms with Gasteiger partial charge in [-0.25, -0.2) is 0 Å². The summed E-state index contributed by atoms with van der Waals surface area (Å²) in [6, 6.07) is 18.2. The Bertz CT molecular complexity index is 702. The molecular formula is C21H26N2O2. The molecule has 2 N–H and O–H groups in total. The zero-order valence-corrected chi connectivity index (χ0v) is 14.7. The number of nitrogens with zero attached hydrogens (tertiary/aromatic N) is 1. The van der Waals surface area contributed by atoms with Crippen LogP contribution in [0.3, 0.4) is 0 Å². The van der Waals surface area contributed by atoms with Crippen LogP contribution < -0.4 is 10.6 Å². The quantitative estimate of drug-likeness (QED) is 0.787. The first kappa shape index (κ1) is 17.5. The van der Waals surface area contributed by atoms with E-state index in [-0.39, 0.29) is 11.9 Å². The molecule has 2 aromatic carbocycles. The van der Waals surface area contributed by atoms with Crippen LogP contribution >= 0.6 is 0 Å². The maximum Gasteiger partial charge on any atom is 0.310 e. The van der Waals surface area contributed by atoms with Crippen molar-refractivity contribution < 1.29 is 9.53 Å². The van der Waals surface area contributed by atoms with Gasteiger partial charge in [0, 0.05) is 24.7 Å². The normalized spacial score (nSPS) is 17.2. The van der Waals surface area contributed by atoms with Gasteiger partial charge in [-0.15, -0.1) is 0 Å². The SMILES string of the molecule is CC(CN1CC(CCN)c2ccccc21)C(=O)OCc1ccccc1. The van der Waals surface area contributed by atoms with Gasteiger partial charge in [-0.3, -0.25) is 4.79 Å². The van der Waals surface area contributed by atoms with Gasteiger partial charge in [-0.05, 0) is 30.2 Å². The van der Waals surface area contributed by atoms with Gasteiger partial charge in [0.15, 0.2) is 0 Å². The molecule has 2 aromatic rings. The second kappa shape index (κ2) is 8.17. The van der Waals surface area contributed by atoms with Crippen LogP contribution in [0.5, 0.6) is 0 Å². The number of para-hydroxylation sites is 1. The second-order valence-corrected chi connectivity index (χ2v) is 6.73. The van der Waals surface area contributed by atoms with Crippen molar-refractivity contribution in [2.24, 2.45) is 11.7 Å². The third-order valence-electron chi connectivity index (χ3n) is 4.79. The van der Waals surface area contributed by atoms with E-state index in [1.54, 1.807) is 0 Å². The number of hydrogen-bond acceptors (Lipinski definition) is 4. The number of benzene rings is 2. The van der Waals surface area contributed by atoms with Gasteiger partial charge in [-0.2, -0.15) is 0 Å². The van der Waals surface area contributed by atoms with Crippen molar-refractivity contribution in [1.29, 1.82) is 0 Å². The average Bonchev–Trinajstić information content (AvgIpc) is 2.98. The second-order valence-electron chi connectivity index (χ2n) is 6.73. The molecule has 1 aliphatic rings. The Morgan fingerprint density at radius 1 is 1.20 bits per heavy atom. The standard InChI is InChI=1S/C21H26N2O2/c1-16(21(24)25-15-17-7-3-2-4-8-17)13-23-14-18(11-12-22)19-9-5-6-10-20(19)23/h2-10,16,18H,11-15,22H2,1H3. The monoisotopic (exact) mass is 338 g/mol. The number of carbonyl (C=O) groups is 1. The summed E-state index contributed by atoms with van der Waals surface area (Å²) in [5.41, 5.74) is 9.35. The number of fused-ring (bicyclic) bond motifs is 1. The summed E-state index contributed by atoms with van der Waals surface area (Å²) < 4.78 is 5.48. The number of ether oxygens (including phenoxy) is 1. The maximum atomic E-state index is 12.4. The Hall–Kier alpha value is -2.33. The fourth-order valence-electron chi connectivity index (χ4n) is 3.48. The topological polar surface area (TPSA) is 55.6 Å². The summed E-state index contributed by atoms with van der Waals surface area (Å²) in [4.78, 5) is 14.7. The number of rotatable bonds is 7. The molecule has 0 radical (unpaired) electrons. The van der Waals surface area contributed by atoms with E-state index in [1.165, 1.54) is 11.3 Å². The molecule has 0 amide bonds. The van der Waals surface area contributed by atoms with Crippen LogP contribution in [0, 0.1) is 5.92 Å². The lowest BCUT2D eigenvalue weighted by molar-refractivity contribution is -0.148. The molecule has 0 bridgehead atoms. The van der Waals surface area contributed by atoms with Crippen molar-refractivity contribution in [3.63, 3.8) is 0 Å². The molecule has 0 fully saturated rings. The van der Waals surface area contributed by atoms with Crippen molar-refractivity contribution in [2.45, 2.75) is 25.9 Å². The molecule has 132 valence electrons. The summed E-state index contributed by atoms with van der Waals surface area (Å²) >= 11 is 0. The summed E-state index contributed by atoms with van der Waals surface area (Å²) in [5, 5.41) is 0. The molecule has 1 heterocycles. The number of esters is 1. The molecular weight excluding hydrogens is 312 g/mol. The molecule has 0 spiro atoms. The maximum absolute atomic E-state index is 12.4. The molecule has 25 heavy (non-hydrogen) atoms. The highest BCUT2D eigenvalue weighted by atomic mass is 16.5. The molecule has 4 nitrogen and oxygen atoms in total. The van der Waals surface area contributed by atoms with Crippen molar-refractivity contribution >= 4 is 11.7 Å². The van der Waals surface area contributed by atoms with Gasteiger partial charge >= 0.3 is 5.97 Å². The predicted molar refractivity (Wildman–Crippen MR) is 100 cm³/mol. The van der Waals surface area contributed by atoms with E-state index in [0.29, 0.717) is 25.6 Å². The molecule has 4 heteroatoms. The van der Waals surface area contributed by atoms with E-state index < -0.39 is 0 Å². The van der Waals surface area contributed by atoms with Crippen LogP contribution in [-0.4, -0.2) is 25.6 Å². The minimum atomic E-state index is -0.173. The van der Waals surface area contributed by atoms with Crippen LogP contribution in [-0.2, 0) is 16.1 Å². The summed E-state index contributed by atoms with van der Waals surface area (Å²) in [6.45, 7) is 4.54. The van der Waals surface area contributed by atoms with Gasteiger partial charge in [0.1, 0.15) is 6.61 Å². The number of hydrogen-bond donors (Lipinski definition) is 1. The molecule has 0 saturated heterocycles. The Balaban J connectivity index is 1.59. The van der Waals surface area contributed by atoms with Crippen molar-refractivity contribution in [3.05, 3.63) is 65.7 Å². The van der Waals surface area contributed by atoms with Gasteiger partial charge < -0.3 is 15.4 Å². The van der Waals surface area contributed by atoms with Gasteiger partial charge in [0.05, 0.1) is 5.92 Å². The molecule has 1 aliphatic heterocycles. The van der Waals surface area contributed by atoms with E-state index in [0.717, 1.165) is 18.5 Å². The van der Waals surface area contributed by atoms with Gasteiger partial charge in [0.25, 0.3) is 0 Å². The molecule has 0 aliphatic carbocycles. The van der Waals surface area contributed by atoms with Crippen molar-refractivity contribution in [1.82, 2.24) is 0 Å². The minimum absolute atomic E-state index is 0.149. The van der Waals surface area contributed by atoms with Gasteiger partial charge in [-0.1, -0.05) is 55.5 Å². The Morgan fingerprint density at radius 2 is 1.92 bits per heavy atom. The van der Waals surface area contributed by atoms with Crippen LogP contribution in [0.2, 0.25) is 0 Å². The number of anilines is 1. The van der Waals surface area contributed by atoms with Gasteiger partial charge in [0.2, 0.25) is 0 Å². The van der Waals surface area contributed by atoms with E-state index in [4.69, 9.17) is 10.5 Å². The molecule has 2 atom stereocenters. The average molecular weight is 338 g/mol. The van der Waals surface area contributed by atoms with Crippen molar-refractivity contribution in [2.75, 3.05) is 24.5 Å². The Kier molecular flexibility index (Phi) is 5.71. The summed E-state index contributed by atoms with van der Waals surface area (Å²) in [5.74, 6) is 0.130. The number of nitrogens with two attached hydrogens (primary N) is 1. The fraction of sp³-hybridized carbons (Fsp3) is 0.381. The zero-order valence-electron chi connectivity index (χ0n) is 14.7. The minimum Gasteiger partial charge on any atom is -0.461 e. The lowest BCUT2D eigenvalue weighted by atomic mass is 9.98. The zero-order chi connectivity index (χ0) is 17.6. The number of carbonyl (C=O) groups excluding carboxylic acids is 1. The van der Waals surface area contributed by atoms with Crippen LogP contribution in [0.1, 0.15) is 30.4 Å². The van der Waals surface area contributed by atoms with Crippen LogP contribution in [0.15, 0.2) is 54.6 Å². The molecule has 0 saturated carbocycles. The highest BCUT2D eigenvalue weighted by molar-refractivity contribution is 5.73. The van der Waals surface area contributed by atoms with Crippen molar-refractivity contribution in [3.8, 4) is 0 Å². The Labute approximate surface area is 149 Å². The third kappa shape index (κ3) is 4.20. The predicted octanol–water partition coefficient (Wildman–Crippen LogP) is 3.32. The van der Waals surface area contributed by atoms with E-state index >= 15 is 0 Å². The first-order chi connectivity index (χ1) is 12.2. The highest BCUT2D eigenvalue weighted by Crippen LogP contribution is 2.38. The largest absolute Gasteiger partial charge is 0.461 e. The first-order valence-electron chi connectivity index (χ1n) is 8.93. The smallest absolute Gasteiger partial charge is 0.310 e. The van der Waals surface area contributed by atoms with E-state index in [1.807, 2.05) is 37.3 Å². The first-order valence-corrected chi connectivity index (χ1v) is 8.93. The molecule has 0 aromatic heterocycles. The fourth-order valence-corrected chi connectivity index (χ4v) is 3.48. The Morgan fingerprint density at radius 3 is 2.68 bits per heavy atom. The lowest BCUT2D eigenvalue weighted by Gasteiger charge is -2.23. The third-order valence-corrected chi connectivity index (χ3v) is 4.79. The lowest BCUT2D eigenvalue weighted by Crippen LogP contribution is -2.32. The molecule has 2 unspecified atom stereocenters. The van der Waals surface area contributed by atoms with Crippen LogP contribution in [0.4, 0.5) is 5.69 Å².